The van der Waals surface area contributed by atoms with Crippen molar-refractivity contribution in [2.45, 2.75) is 26.0 Å². The second kappa shape index (κ2) is 7.62. The Hall–Kier alpha value is -1.10. The van der Waals surface area contributed by atoms with Gasteiger partial charge in [0, 0.05) is 13.1 Å². The fourth-order valence-corrected chi connectivity index (χ4v) is 2.72. The van der Waals surface area contributed by atoms with Crippen LogP contribution in [0.2, 0.25) is 0 Å². The minimum Gasteiger partial charge on any atom is -0.497 e. The molecule has 0 spiro atoms. The van der Waals surface area contributed by atoms with E-state index >= 15 is 0 Å². The van der Waals surface area contributed by atoms with Crippen LogP contribution in [0.3, 0.4) is 0 Å². The molecule has 2 atom stereocenters. The van der Waals surface area contributed by atoms with Gasteiger partial charge in [-0.2, -0.15) is 0 Å². The van der Waals surface area contributed by atoms with Gasteiger partial charge in [-0.05, 0) is 30.8 Å². The van der Waals surface area contributed by atoms with E-state index in [4.69, 9.17) is 9.47 Å². The Morgan fingerprint density at radius 3 is 2.70 bits per heavy atom. The van der Waals surface area contributed by atoms with Crippen LogP contribution < -0.4 is 10.1 Å². The molecule has 0 aromatic heterocycles. The van der Waals surface area contributed by atoms with Crippen molar-refractivity contribution in [2.24, 2.45) is 0 Å². The quantitative estimate of drug-likeness (QED) is 0.863. The standard InChI is InChI=1S/C16H26N2O2/c1-4-17-16(13-6-8-14(19-3)9-7-13)15-12-18(5-2)10-11-20-15/h6-9,15-17H,4-5,10-12H2,1-3H3. The maximum atomic E-state index is 6.00. The Labute approximate surface area is 122 Å². The molecule has 1 aliphatic heterocycles. The van der Waals surface area contributed by atoms with Gasteiger partial charge in [-0.25, -0.2) is 0 Å². The van der Waals surface area contributed by atoms with Gasteiger partial charge < -0.3 is 14.8 Å². The summed E-state index contributed by atoms with van der Waals surface area (Å²) >= 11 is 0. The molecule has 0 radical (unpaired) electrons. The molecule has 112 valence electrons. The van der Waals surface area contributed by atoms with E-state index in [0.717, 1.165) is 38.5 Å². The number of likely N-dealkylation sites (N-methyl/N-ethyl adjacent to an activating group) is 2. The zero-order valence-corrected chi connectivity index (χ0v) is 12.8. The first-order valence-electron chi connectivity index (χ1n) is 7.49. The van der Waals surface area contributed by atoms with Gasteiger partial charge in [-0.1, -0.05) is 26.0 Å². The highest BCUT2D eigenvalue weighted by molar-refractivity contribution is 5.29. The topological polar surface area (TPSA) is 33.7 Å². The number of ether oxygens (including phenoxy) is 2. The van der Waals surface area contributed by atoms with Crippen molar-refractivity contribution in [3.8, 4) is 5.75 Å². The van der Waals surface area contributed by atoms with Gasteiger partial charge >= 0.3 is 0 Å². The van der Waals surface area contributed by atoms with Gasteiger partial charge in [0.2, 0.25) is 0 Å². The van der Waals surface area contributed by atoms with Crippen LogP contribution in [-0.2, 0) is 4.74 Å². The van der Waals surface area contributed by atoms with E-state index in [0.29, 0.717) is 0 Å². The Balaban J connectivity index is 2.12. The van der Waals surface area contributed by atoms with Gasteiger partial charge in [0.1, 0.15) is 5.75 Å². The second-order valence-electron chi connectivity index (χ2n) is 5.11. The average Bonchev–Trinajstić information content (AvgIpc) is 2.53. The first kappa shape index (κ1) is 15.3. The number of morpholine rings is 1. The maximum Gasteiger partial charge on any atom is 0.118 e. The van der Waals surface area contributed by atoms with Gasteiger partial charge in [0.25, 0.3) is 0 Å². The molecule has 0 amide bonds. The smallest absolute Gasteiger partial charge is 0.118 e. The van der Waals surface area contributed by atoms with Crippen molar-refractivity contribution in [1.82, 2.24) is 10.2 Å². The van der Waals surface area contributed by atoms with Crippen molar-refractivity contribution < 1.29 is 9.47 Å². The van der Waals surface area contributed by atoms with Crippen molar-refractivity contribution in [3.05, 3.63) is 29.8 Å². The molecular formula is C16H26N2O2. The molecule has 20 heavy (non-hydrogen) atoms. The van der Waals surface area contributed by atoms with Crippen molar-refractivity contribution >= 4 is 0 Å². The fourth-order valence-electron chi connectivity index (χ4n) is 2.72. The van der Waals surface area contributed by atoms with Crippen molar-refractivity contribution in [1.29, 1.82) is 0 Å². The summed E-state index contributed by atoms with van der Waals surface area (Å²) in [6.45, 7) is 9.20. The minimum atomic E-state index is 0.206. The Morgan fingerprint density at radius 1 is 1.35 bits per heavy atom. The summed E-state index contributed by atoms with van der Waals surface area (Å²) in [4.78, 5) is 2.45. The molecular weight excluding hydrogens is 252 g/mol. The predicted molar refractivity (Wildman–Crippen MR) is 81.3 cm³/mol. The molecule has 2 unspecified atom stereocenters. The number of nitrogens with zero attached hydrogens (tertiary/aromatic N) is 1. The molecule has 1 saturated heterocycles. The Kier molecular flexibility index (Phi) is 5.83. The molecule has 1 heterocycles. The predicted octanol–water partition coefficient (Wildman–Crippen LogP) is 2.07. The number of methoxy groups -OCH3 is 1. The fraction of sp³-hybridized carbons (Fsp3) is 0.625. The van der Waals surface area contributed by atoms with Crippen LogP contribution in [0.15, 0.2) is 24.3 Å². The minimum absolute atomic E-state index is 0.206. The van der Waals surface area contributed by atoms with Crippen LogP contribution in [0.4, 0.5) is 0 Å². The zero-order valence-electron chi connectivity index (χ0n) is 12.8. The van der Waals surface area contributed by atoms with E-state index in [1.54, 1.807) is 7.11 Å². The highest BCUT2D eigenvalue weighted by Gasteiger charge is 2.28. The van der Waals surface area contributed by atoms with Gasteiger partial charge in [-0.15, -0.1) is 0 Å². The SMILES string of the molecule is CCNC(c1ccc(OC)cc1)C1CN(CC)CCO1. The summed E-state index contributed by atoms with van der Waals surface area (Å²) in [5, 5.41) is 3.56. The molecule has 1 N–H and O–H groups in total. The van der Waals surface area contributed by atoms with E-state index in [2.05, 4.69) is 36.2 Å². The normalized spacial score (nSPS) is 21.6. The summed E-state index contributed by atoms with van der Waals surface area (Å²) < 4.78 is 11.2. The van der Waals surface area contributed by atoms with Gasteiger partial charge in [0.15, 0.2) is 0 Å². The third-order valence-electron chi connectivity index (χ3n) is 3.90. The van der Waals surface area contributed by atoms with Crippen LogP contribution in [-0.4, -0.2) is 50.9 Å². The number of rotatable bonds is 6. The van der Waals surface area contributed by atoms with Crippen LogP contribution in [0.25, 0.3) is 0 Å². The van der Waals surface area contributed by atoms with E-state index < -0.39 is 0 Å². The molecule has 1 fully saturated rings. The van der Waals surface area contributed by atoms with Crippen LogP contribution >= 0.6 is 0 Å². The van der Waals surface area contributed by atoms with E-state index in [9.17, 15) is 0 Å². The summed E-state index contributed by atoms with van der Waals surface area (Å²) in [5.41, 5.74) is 1.26. The first-order valence-corrected chi connectivity index (χ1v) is 7.49. The lowest BCUT2D eigenvalue weighted by Gasteiger charge is -2.37. The summed E-state index contributed by atoms with van der Waals surface area (Å²) in [6.07, 6.45) is 0.206. The lowest BCUT2D eigenvalue weighted by Crippen LogP contribution is -2.48. The van der Waals surface area contributed by atoms with Gasteiger partial charge in [0.05, 0.1) is 25.9 Å². The van der Waals surface area contributed by atoms with E-state index in [1.165, 1.54) is 5.56 Å². The van der Waals surface area contributed by atoms with Crippen molar-refractivity contribution in [2.75, 3.05) is 39.9 Å². The van der Waals surface area contributed by atoms with Crippen LogP contribution in [0, 0.1) is 0 Å². The van der Waals surface area contributed by atoms with E-state index in [-0.39, 0.29) is 12.1 Å². The Morgan fingerprint density at radius 2 is 2.10 bits per heavy atom. The number of benzene rings is 1. The molecule has 4 nitrogen and oxygen atoms in total. The monoisotopic (exact) mass is 278 g/mol. The number of hydrogen-bond donors (Lipinski definition) is 1. The molecule has 1 aromatic rings. The molecule has 1 aromatic carbocycles. The van der Waals surface area contributed by atoms with Crippen molar-refractivity contribution in [3.63, 3.8) is 0 Å². The molecule has 0 saturated carbocycles. The van der Waals surface area contributed by atoms with Gasteiger partial charge in [-0.3, -0.25) is 4.90 Å². The molecule has 4 heteroatoms. The summed E-state index contributed by atoms with van der Waals surface area (Å²) in [5.74, 6) is 0.892. The molecule has 1 aliphatic rings. The molecule has 0 aliphatic carbocycles. The molecule has 2 rings (SSSR count). The number of nitrogens with one attached hydrogen (secondary N) is 1. The summed E-state index contributed by atoms with van der Waals surface area (Å²) in [7, 11) is 1.69. The summed E-state index contributed by atoms with van der Waals surface area (Å²) in [6, 6.07) is 8.52. The van der Waals surface area contributed by atoms with Crippen LogP contribution in [0.1, 0.15) is 25.5 Å². The Bertz CT molecular complexity index is 394. The third kappa shape index (κ3) is 3.72. The highest BCUT2D eigenvalue weighted by atomic mass is 16.5. The maximum absolute atomic E-state index is 6.00. The average molecular weight is 278 g/mol. The van der Waals surface area contributed by atoms with E-state index in [1.807, 2.05) is 12.1 Å². The largest absolute Gasteiger partial charge is 0.497 e. The zero-order chi connectivity index (χ0) is 14.4. The third-order valence-corrected chi connectivity index (χ3v) is 3.90. The number of hydrogen-bond acceptors (Lipinski definition) is 4. The van der Waals surface area contributed by atoms with Crippen LogP contribution in [0.5, 0.6) is 5.75 Å². The lowest BCUT2D eigenvalue weighted by molar-refractivity contribution is -0.0453. The lowest BCUT2D eigenvalue weighted by atomic mass is 9.99. The molecule has 0 bridgehead atoms. The first-order chi connectivity index (χ1) is 9.78. The highest BCUT2D eigenvalue weighted by Crippen LogP contribution is 2.24. The second-order valence-corrected chi connectivity index (χ2v) is 5.11.